The van der Waals surface area contributed by atoms with Gasteiger partial charge in [0.1, 0.15) is 23.1 Å². The van der Waals surface area contributed by atoms with Crippen molar-refractivity contribution >= 4 is 18.0 Å². The van der Waals surface area contributed by atoms with Crippen molar-refractivity contribution in [2.24, 2.45) is 0 Å². The number of carbonyl (C=O) groups is 2. The van der Waals surface area contributed by atoms with Gasteiger partial charge in [-0.15, -0.1) is 0 Å². The van der Waals surface area contributed by atoms with Crippen LogP contribution in [0.1, 0.15) is 22.7 Å². The Bertz CT molecular complexity index is 1310. The molecule has 0 spiro atoms. The van der Waals surface area contributed by atoms with Gasteiger partial charge in [-0.05, 0) is 59.7 Å². The van der Waals surface area contributed by atoms with E-state index >= 15 is 0 Å². The summed E-state index contributed by atoms with van der Waals surface area (Å²) in [6, 6.07) is 19.0. The van der Waals surface area contributed by atoms with E-state index in [1.807, 2.05) is 42.5 Å². The number of carboxylic acids is 2. The van der Waals surface area contributed by atoms with Crippen molar-refractivity contribution in [3.63, 3.8) is 0 Å². The maximum Gasteiger partial charge on any atom is 0.129 e. The zero-order valence-corrected chi connectivity index (χ0v) is 23.4. The topological polar surface area (TPSA) is 105 Å². The fraction of sp³-hybridized carbons (Fsp3) is 0.250. The van der Waals surface area contributed by atoms with Gasteiger partial charge in [0, 0.05) is 44.4 Å². The molecule has 42 heavy (non-hydrogen) atoms. The van der Waals surface area contributed by atoms with Gasteiger partial charge in [0.15, 0.2) is 0 Å². The van der Waals surface area contributed by atoms with Gasteiger partial charge in [-0.25, -0.2) is 8.78 Å². The van der Waals surface area contributed by atoms with Crippen LogP contribution < -0.4 is 19.7 Å². The van der Waals surface area contributed by atoms with Gasteiger partial charge in [0.05, 0.1) is 32.2 Å². The molecular weight excluding hydrogens is 546 g/mol. The molecule has 0 saturated carbocycles. The van der Waals surface area contributed by atoms with Crippen LogP contribution in [-0.2, 0) is 9.59 Å². The lowest BCUT2D eigenvalue weighted by Gasteiger charge is -2.39. The van der Waals surface area contributed by atoms with Crippen LogP contribution in [0.2, 0.25) is 0 Å². The number of hydrogen-bond acceptors (Lipinski definition) is 8. The first-order valence-corrected chi connectivity index (χ1v) is 13.2. The number of halogens is 2. The molecule has 0 unspecified atom stereocenters. The maximum absolute atomic E-state index is 13.5. The number of piperazine rings is 1. The second-order valence-electron chi connectivity index (χ2n) is 9.32. The third-order valence-electron chi connectivity index (χ3n) is 6.60. The number of carboxylic acid groups (broad SMARTS) is 2. The van der Waals surface area contributed by atoms with E-state index in [2.05, 4.69) is 22.0 Å². The number of nitrogens with zero attached hydrogens (tertiary/aromatic N) is 2. The van der Waals surface area contributed by atoms with Crippen LogP contribution in [0.15, 0.2) is 85.0 Å². The molecule has 222 valence electrons. The van der Waals surface area contributed by atoms with Crippen LogP contribution in [0.4, 0.5) is 8.78 Å². The first kappa shape index (κ1) is 32.0. The van der Waals surface area contributed by atoms with Gasteiger partial charge in [0.25, 0.3) is 0 Å². The Balaban J connectivity index is 0.000000531. The molecule has 0 aliphatic carbocycles. The molecule has 1 fully saturated rings. The van der Waals surface area contributed by atoms with Crippen LogP contribution in [0, 0.1) is 11.6 Å². The molecule has 1 heterocycles. The van der Waals surface area contributed by atoms with Gasteiger partial charge in [-0.3, -0.25) is 9.80 Å². The monoisotopic (exact) mass is 578 g/mol. The minimum Gasteiger partial charge on any atom is -0.545 e. The Morgan fingerprint density at radius 3 is 1.79 bits per heavy atom. The average molecular weight is 579 g/mol. The summed E-state index contributed by atoms with van der Waals surface area (Å²) in [6.07, 6.45) is 4.99. The van der Waals surface area contributed by atoms with Crippen molar-refractivity contribution in [1.29, 1.82) is 0 Å². The van der Waals surface area contributed by atoms with E-state index in [-0.39, 0.29) is 17.7 Å². The van der Waals surface area contributed by atoms with Crippen molar-refractivity contribution in [3.05, 3.63) is 113 Å². The van der Waals surface area contributed by atoms with E-state index in [0.717, 1.165) is 60.9 Å². The molecule has 0 aromatic heterocycles. The van der Waals surface area contributed by atoms with E-state index in [0.29, 0.717) is 12.2 Å². The van der Waals surface area contributed by atoms with Crippen LogP contribution >= 0.6 is 0 Å². The SMILES string of the molecule is COc1ccc(/C=C/CN2CCN(C(c3ccc(F)cc3)c3ccc(F)cc3)CC2)c(OC)c1.O=C([O-])/C=C/C(=O)[O-]. The fourth-order valence-electron chi connectivity index (χ4n) is 4.53. The fourth-order valence-corrected chi connectivity index (χ4v) is 4.53. The molecule has 0 bridgehead atoms. The van der Waals surface area contributed by atoms with Crippen molar-refractivity contribution in [3.8, 4) is 11.5 Å². The molecule has 3 aromatic rings. The number of carbonyl (C=O) groups excluding carboxylic acids is 2. The zero-order valence-electron chi connectivity index (χ0n) is 23.4. The largest absolute Gasteiger partial charge is 0.545 e. The van der Waals surface area contributed by atoms with Crippen LogP contribution in [0.25, 0.3) is 6.08 Å². The average Bonchev–Trinajstić information content (AvgIpc) is 2.99. The highest BCUT2D eigenvalue weighted by molar-refractivity contribution is 5.87. The molecule has 10 heteroatoms. The lowest BCUT2D eigenvalue weighted by atomic mass is 9.96. The summed E-state index contributed by atoms with van der Waals surface area (Å²) in [5.41, 5.74) is 3.02. The number of aliphatic carboxylic acids is 2. The quantitative estimate of drug-likeness (QED) is 0.338. The summed E-state index contributed by atoms with van der Waals surface area (Å²) in [4.78, 5) is 23.6. The van der Waals surface area contributed by atoms with Crippen LogP contribution in [0.5, 0.6) is 11.5 Å². The second-order valence-corrected chi connectivity index (χ2v) is 9.32. The summed E-state index contributed by atoms with van der Waals surface area (Å²) in [5.74, 6) is -2.06. The maximum atomic E-state index is 13.5. The highest BCUT2D eigenvalue weighted by Crippen LogP contribution is 2.30. The normalized spacial score (nSPS) is 14.1. The molecule has 1 aliphatic rings. The first-order chi connectivity index (χ1) is 20.2. The summed E-state index contributed by atoms with van der Waals surface area (Å²) >= 11 is 0. The number of hydrogen-bond donors (Lipinski definition) is 0. The lowest BCUT2D eigenvalue weighted by Crippen LogP contribution is -2.47. The summed E-state index contributed by atoms with van der Waals surface area (Å²) in [7, 11) is 3.30. The smallest absolute Gasteiger partial charge is 0.129 e. The predicted molar refractivity (Wildman–Crippen MR) is 150 cm³/mol. The molecule has 0 atom stereocenters. The van der Waals surface area contributed by atoms with E-state index in [1.165, 1.54) is 24.3 Å². The Morgan fingerprint density at radius 2 is 1.33 bits per heavy atom. The number of rotatable bonds is 10. The Hall–Kier alpha value is -4.54. The van der Waals surface area contributed by atoms with E-state index in [9.17, 15) is 28.6 Å². The molecule has 1 aliphatic heterocycles. The molecule has 0 N–H and O–H groups in total. The zero-order chi connectivity index (χ0) is 30.5. The molecule has 0 amide bonds. The van der Waals surface area contributed by atoms with Crippen molar-refractivity contribution in [2.75, 3.05) is 46.9 Å². The lowest BCUT2D eigenvalue weighted by molar-refractivity contribution is -0.301. The van der Waals surface area contributed by atoms with Crippen molar-refractivity contribution in [2.45, 2.75) is 6.04 Å². The summed E-state index contributed by atoms with van der Waals surface area (Å²) < 4.78 is 37.8. The van der Waals surface area contributed by atoms with Gasteiger partial charge in [0.2, 0.25) is 0 Å². The Labute approximate surface area is 243 Å². The number of ether oxygens (including phenoxy) is 2. The Kier molecular flexibility index (Phi) is 12.2. The standard InChI is InChI=1S/C28H30F2N2O2.C4H4O4/c1-33-26-14-9-21(27(20-26)34-2)4-3-15-31-16-18-32(19-17-31)28(22-5-10-24(29)11-6-22)23-7-12-25(30)13-8-23;5-3(6)1-2-4(7)8/h3-14,20,28H,15-19H2,1-2H3;1-2H,(H,5,6)(H,7,8)/p-2/b4-3+;2-1+. The molecule has 4 rings (SSSR count). The van der Waals surface area contributed by atoms with E-state index in [1.54, 1.807) is 14.2 Å². The van der Waals surface area contributed by atoms with Crippen LogP contribution in [0.3, 0.4) is 0 Å². The number of benzene rings is 3. The van der Waals surface area contributed by atoms with Gasteiger partial charge in [-0.1, -0.05) is 36.4 Å². The highest BCUT2D eigenvalue weighted by atomic mass is 19.1. The van der Waals surface area contributed by atoms with Crippen LogP contribution in [-0.4, -0.2) is 68.7 Å². The summed E-state index contributed by atoms with van der Waals surface area (Å²) in [6.45, 7) is 4.37. The summed E-state index contributed by atoms with van der Waals surface area (Å²) in [5, 5.41) is 18.8. The third-order valence-corrected chi connectivity index (χ3v) is 6.60. The second kappa shape index (κ2) is 16.0. The third kappa shape index (κ3) is 9.83. The van der Waals surface area contributed by atoms with E-state index < -0.39 is 11.9 Å². The molecule has 8 nitrogen and oxygen atoms in total. The molecule has 3 aromatic carbocycles. The van der Waals surface area contributed by atoms with E-state index in [4.69, 9.17) is 9.47 Å². The highest BCUT2D eigenvalue weighted by Gasteiger charge is 2.26. The number of methoxy groups -OCH3 is 2. The minimum atomic E-state index is -1.55. The van der Waals surface area contributed by atoms with Crippen molar-refractivity contribution in [1.82, 2.24) is 9.80 Å². The molecule has 1 saturated heterocycles. The minimum absolute atomic E-state index is 0.0394. The van der Waals surface area contributed by atoms with Gasteiger partial charge in [-0.2, -0.15) is 0 Å². The first-order valence-electron chi connectivity index (χ1n) is 13.2. The Morgan fingerprint density at radius 1 is 0.810 bits per heavy atom. The van der Waals surface area contributed by atoms with Gasteiger partial charge < -0.3 is 29.3 Å². The van der Waals surface area contributed by atoms with Gasteiger partial charge >= 0.3 is 0 Å². The predicted octanol–water partition coefficient (Wildman–Crippen LogP) is 2.44. The molecule has 0 radical (unpaired) electrons. The molecular formula is C32H32F2N2O6-2. The van der Waals surface area contributed by atoms with Crippen molar-refractivity contribution < 1.29 is 38.1 Å².